The van der Waals surface area contributed by atoms with Gasteiger partial charge in [-0.05, 0) is 25.2 Å². The summed E-state index contributed by atoms with van der Waals surface area (Å²) in [6, 6.07) is -1.38. The minimum atomic E-state index is -4.34. The number of rotatable bonds is 5. The summed E-state index contributed by atoms with van der Waals surface area (Å²) in [6.07, 6.45) is -3.72. The molecular weight excluding hydrogens is 291 g/mol. The molecular formula is C13H18F3NO4. The molecule has 1 aliphatic rings. The number of aliphatic carboxylic acids is 1. The molecule has 3 atom stereocenters. The maximum Gasteiger partial charge on any atom is 0.408 e. The van der Waals surface area contributed by atoms with Crippen LogP contribution in [0.2, 0.25) is 0 Å². The Hall–Kier alpha value is -1.73. The van der Waals surface area contributed by atoms with Gasteiger partial charge in [0.25, 0.3) is 0 Å². The topological polar surface area (TPSA) is 75.6 Å². The van der Waals surface area contributed by atoms with Crippen LogP contribution < -0.4 is 5.32 Å². The fourth-order valence-corrected chi connectivity index (χ4v) is 2.51. The van der Waals surface area contributed by atoms with Gasteiger partial charge in [-0.3, -0.25) is 0 Å². The number of alkyl halides is 3. The van der Waals surface area contributed by atoms with Crippen LogP contribution in [0.1, 0.15) is 25.7 Å². The lowest BCUT2D eigenvalue weighted by Gasteiger charge is -2.33. The molecule has 8 heteroatoms. The van der Waals surface area contributed by atoms with Crippen molar-refractivity contribution < 1.29 is 32.6 Å². The summed E-state index contributed by atoms with van der Waals surface area (Å²) < 4.78 is 42.8. The van der Waals surface area contributed by atoms with E-state index in [0.29, 0.717) is 6.42 Å². The van der Waals surface area contributed by atoms with Crippen molar-refractivity contribution in [2.75, 3.05) is 6.61 Å². The minimum absolute atomic E-state index is 0.00670. The Balaban J connectivity index is 2.69. The second kappa shape index (κ2) is 7.33. The van der Waals surface area contributed by atoms with E-state index in [9.17, 15) is 22.8 Å². The van der Waals surface area contributed by atoms with Gasteiger partial charge in [0, 0.05) is 0 Å². The molecule has 0 radical (unpaired) electrons. The van der Waals surface area contributed by atoms with Crippen LogP contribution in [-0.4, -0.2) is 36.0 Å². The average Bonchev–Trinajstić information content (AvgIpc) is 2.41. The molecule has 5 nitrogen and oxygen atoms in total. The summed E-state index contributed by atoms with van der Waals surface area (Å²) in [5, 5.41) is 11.2. The lowest BCUT2D eigenvalue weighted by molar-refractivity contribution is -0.187. The van der Waals surface area contributed by atoms with E-state index in [4.69, 9.17) is 5.11 Å². The third-order valence-corrected chi connectivity index (χ3v) is 3.52. The molecule has 1 rings (SSSR count). The van der Waals surface area contributed by atoms with Crippen molar-refractivity contribution in [3.63, 3.8) is 0 Å². The number of carbonyl (C=O) groups is 2. The zero-order chi connectivity index (χ0) is 16.0. The Morgan fingerprint density at radius 3 is 2.62 bits per heavy atom. The monoisotopic (exact) mass is 309 g/mol. The van der Waals surface area contributed by atoms with E-state index >= 15 is 0 Å². The lowest BCUT2D eigenvalue weighted by atomic mass is 9.77. The van der Waals surface area contributed by atoms with E-state index < -0.39 is 36.1 Å². The number of nitrogens with one attached hydrogen (secondary N) is 1. The highest BCUT2D eigenvalue weighted by Gasteiger charge is 2.45. The molecule has 1 aliphatic carbocycles. The van der Waals surface area contributed by atoms with Crippen molar-refractivity contribution >= 4 is 12.1 Å². The van der Waals surface area contributed by atoms with Crippen LogP contribution in [0, 0.1) is 11.8 Å². The molecule has 3 unspecified atom stereocenters. The van der Waals surface area contributed by atoms with E-state index in [0.717, 1.165) is 0 Å². The minimum Gasteiger partial charge on any atom is -0.480 e. The van der Waals surface area contributed by atoms with Gasteiger partial charge in [0.15, 0.2) is 0 Å². The largest absolute Gasteiger partial charge is 0.480 e. The van der Waals surface area contributed by atoms with Crippen LogP contribution in [0.5, 0.6) is 0 Å². The molecule has 0 aromatic carbocycles. The van der Waals surface area contributed by atoms with Crippen molar-refractivity contribution in [3.8, 4) is 0 Å². The molecule has 21 heavy (non-hydrogen) atoms. The van der Waals surface area contributed by atoms with Crippen LogP contribution in [-0.2, 0) is 9.53 Å². The number of hydrogen-bond donors (Lipinski definition) is 2. The van der Waals surface area contributed by atoms with Gasteiger partial charge < -0.3 is 15.2 Å². The summed E-state index contributed by atoms with van der Waals surface area (Å²) >= 11 is 0. The smallest absolute Gasteiger partial charge is 0.408 e. The molecule has 2 N–H and O–H groups in total. The Bertz CT molecular complexity index is 397. The molecule has 120 valence electrons. The zero-order valence-corrected chi connectivity index (χ0v) is 11.4. The summed E-state index contributed by atoms with van der Waals surface area (Å²) in [6.45, 7) is 3.22. The van der Waals surface area contributed by atoms with Gasteiger partial charge in [-0.15, -0.1) is 0 Å². The van der Waals surface area contributed by atoms with E-state index in [2.05, 4.69) is 16.6 Å². The first-order valence-electron chi connectivity index (χ1n) is 6.59. The number of halogens is 3. The van der Waals surface area contributed by atoms with E-state index in [1.165, 1.54) is 6.08 Å². The predicted molar refractivity (Wildman–Crippen MR) is 67.6 cm³/mol. The standard InChI is InChI=1S/C13H18F3NO4/c1-2-6-21-12(20)17-10(11(18)19)8-4-3-5-9(7-8)13(14,15)16/h2,8-10H,1,3-7H2,(H,17,20)(H,18,19). The third-order valence-electron chi connectivity index (χ3n) is 3.52. The fraction of sp³-hybridized carbons (Fsp3) is 0.692. The van der Waals surface area contributed by atoms with Gasteiger partial charge >= 0.3 is 18.2 Å². The molecule has 1 saturated carbocycles. The first-order valence-corrected chi connectivity index (χ1v) is 6.59. The van der Waals surface area contributed by atoms with E-state index in [1.807, 2.05) is 0 Å². The molecule has 1 amide bonds. The first kappa shape index (κ1) is 17.3. The van der Waals surface area contributed by atoms with Crippen LogP contribution in [0.3, 0.4) is 0 Å². The number of carboxylic acids is 1. The fourth-order valence-electron chi connectivity index (χ4n) is 2.51. The van der Waals surface area contributed by atoms with Crippen molar-refractivity contribution in [2.24, 2.45) is 11.8 Å². The summed E-state index contributed by atoms with van der Waals surface area (Å²) in [4.78, 5) is 22.6. The summed E-state index contributed by atoms with van der Waals surface area (Å²) in [5.41, 5.74) is 0. The van der Waals surface area contributed by atoms with E-state index in [-0.39, 0.29) is 25.9 Å². The Morgan fingerprint density at radius 2 is 2.10 bits per heavy atom. The number of amides is 1. The van der Waals surface area contributed by atoms with Crippen LogP contribution in [0.25, 0.3) is 0 Å². The van der Waals surface area contributed by atoms with Crippen molar-refractivity contribution in [3.05, 3.63) is 12.7 Å². The molecule has 0 heterocycles. The first-order chi connectivity index (χ1) is 9.75. The Kier molecular flexibility index (Phi) is 6.04. The highest BCUT2D eigenvalue weighted by Crippen LogP contribution is 2.40. The SMILES string of the molecule is C=CCOC(=O)NC(C(=O)O)C1CCCC(C(F)(F)F)C1. The maximum atomic E-state index is 12.7. The van der Waals surface area contributed by atoms with Crippen molar-refractivity contribution in [1.82, 2.24) is 5.32 Å². The highest BCUT2D eigenvalue weighted by atomic mass is 19.4. The Morgan fingerprint density at radius 1 is 1.43 bits per heavy atom. The van der Waals surface area contributed by atoms with Gasteiger partial charge in [-0.1, -0.05) is 19.1 Å². The van der Waals surface area contributed by atoms with Crippen LogP contribution in [0.4, 0.5) is 18.0 Å². The third kappa shape index (κ3) is 5.28. The molecule has 0 aromatic rings. The van der Waals surface area contributed by atoms with Gasteiger partial charge in [0.05, 0.1) is 5.92 Å². The molecule has 0 saturated heterocycles. The molecule has 1 fully saturated rings. The average molecular weight is 309 g/mol. The Labute approximate surface area is 120 Å². The number of hydrogen-bond acceptors (Lipinski definition) is 3. The van der Waals surface area contributed by atoms with Crippen LogP contribution in [0.15, 0.2) is 12.7 Å². The highest BCUT2D eigenvalue weighted by molar-refractivity contribution is 5.80. The zero-order valence-electron chi connectivity index (χ0n) is 11.4. The lowest BCUT2D eigenvalue weighted by Crippen LogP contribution is -2.48. The number of carbonyl (C=O) groups excluding carboxylic acids is 1. The number of ether oxygens (including phenoxy) is 1. The van der Waals surface area contributed by atoms with Gasteiger partial charge in [0.1, 0.15) is 12.6 Å². The molecule has 0 spiro atoms. The van der Waals surface area contributed by atoms with Gasteiger partial charge in [0.2, 0.25) is 0 Å². The van der Waals surface area contributed by atoms with Gasteiger partial charge in [-0.25, -0.2) is 9.59 Å². The molecule has 0 bridgehead atoms. The molecule has 0 aromatic heterocycles. The predicted octanol–water partition coefficient (Wildman–Crippen LogP) is 2.72. The number of alkyl carbamates (subject to hydrolysis) is 1. The number of carboxylic acid groups (broad SMARTS) is 1. The second-order valence-corrected chi connectivity index (χ2v) is 5.01. The summed E-state index contributed by atoms with van der Waals surface area (Å²) in [5.74, 6) is -3.65. The second-order valence-electron chi connectivity index (χ2n) is 5.01. The van der Waals surface area contributed by atoms with Crippen molar-refractivity contribution in [1.29, 1.82) is 0 Å². The maximum absolute atomic E-state index is 12.7. The van der Waals surface area contributed by atoms with Crippen LogP contribution >= 0.6 is 0 Å². The van der Waals surface area contributed by atoms with Gasteiger partial charge in [-0.2, -0.15) is 13.2 Å². The summed E-state index contributed by atoms with van der Waals surface area (Å²) in [7, 11) is 0. The van der Waals surface area contributed by atoms with E-state index in [1.54, 1.807) is 0 Å². The molecule has 0 aliphatic heterocycles. The quantitative estimate of drug-likeness (QED) is 0.766. The van der Waals surface area contributed by atoms with Crippen molar-refractivity contribution in [2.45, 2.75) is 37.9 Å². The normalized spacial score (nSPS) is 24.0.